The number of likely N-dealkylation sites (N-methyl/N-ethyl adjacent to an activating group) is 1. The fourth-order valence-corrected chi connectivity index (χ4v) is 1.17. The number of hydrogen-bond acceptors (Lipinski definition) is 4. The van der Waals surface area contributed by atoms with Crippen LogP contribution in [-0.4, -0.2) is 55.2 Å². The molecule has 0 unspecified atom stereocenters. The number of methoxy groups -OCH3 is 1. The molecule has 0 bridgehead atoms. The number of carbonyl (C=O) groups is 3. The molecule has 7 nitrogen and oxygen atoms in total. The van der Waals surface area contributed by atoms with E-state index in [1.165, 1.54) is 12.0 Å². The first-order chi connectivity index (χ1) is 8.47. The van der Waals surface area contributed by atoms with Crippen LogP contribution >= 0.6 is 0 Å². The molecule has 0 spiro atoms. The monoisotopic (exact) mass is 260 g/mol. The van der Waals surface area contributed by atoms with Gasteiger partial charge in [0, 0.05) is 33.5 Å². The minimum atomic E-state index is -0.884. The van der Waals surface area contributed by atoms with E-state index in [0.29, 0.717) is 26.0 Å². The van der Waals surface area contributed by atoms with Crippen LogP contribution in [0.1, 0.15) is 25.7 Å². The highest BCUT2D eigenvalue weighted by molar-refractivity contribution is 5.94. The first kappa shape index (κ1) is 16.4. The highest BCUT2D eigenvalue weighted by Crippen LogP contribution is 1.99. The number of hydrogen-bond donors (Lipinski definition) is 2. The fraction of sp³-hybridized carbons (Fsp3) is 0.727. The third-order valence-electron chi connectivity index (χ3n) is 2.27. The van der Waals surface area contributed by atoms with Crippen molar-refractivity contribution in [2.24, 2.45) is 0 Å². The topological polar surface area (TPSA) is 95.9 Å². The second-order valence-electron chi connectivity index (χ2n) is 3.87. The van der Waals surface area contributed by atoms with Crippen LogP contribution in [0.5, 0.6) is 0 Å². The molecule has 0 fully saturated rings. The van der Waals surface area contributed by atoms with E-state index in [1.807, 2.05) is 0 Å². The van der Waals surface area contributed by atoms with Crippen molar-refractivity contribution in [1.82, 2.24) is 10.2 Å². The van der Waals surface area contributed by atoms with Gasteiger partial charge in [0.25, 0.3) is 0 Å². The van der Waals surface area contributed by atoms with E-state index in [4.69, 9.17) is 9.84 Å². The number of amides is 3. The molecule has 0 aliphatic heterocycles. The number of carboxylic acids is 1. The van der Waals surface area contributed by atoms with Crippen LogP contribution in [0.25, 0.3) is 0 Å². The molecule has 0 rings (SSSR count). The summed E-state index contributed by atoms with van der Waals surface area (Å²) in [6.45, 7) is 0.797. The van der Waals surface area contributed by atoms with Crippen LogP contribution in [0.2, 0.25) is 0 Å². The fourth-order valence-electron chi connectivity index (χ4n) is 1.17. The molecule has 18 heavy (non-hydrogen) atoms. The standard InChI is InChI=1S/C11H20N2O5/c1-13(7-8-18-2)11(17)12-9(14)5-3-4-6-10(15)16/h3-8H2,1-2H3,(H,15,16)(H,12,14,17). The summed E-state index contributed by atoms with van der Waals surface area (Å²) in [5.74, 6) is -1.28. The summed E-state index contributed by atoms with van der Waals surface area (Å²) in [7, 11) is 3.09. The predicted molar refractivity (Wildman–Crippen MR) is 64.1 cm³/mol. The number of imide groups is 1. The Morgan fingerprint density at radius 2 is 1.83 bits per heavy atom. The molecule has 0 atom stereocenters. The van der Waals surface area contributed by atoms with Crippen LogP contribution in [0.15, 0.2) is 0 Å². The first-order valence-corrected chi connectivity index (χ1v) is 5.73. The molecule has 0 radical (unpaired) electrons. The normalized spacial score (nSPS) is 9.89. The maximum atomic E-state index is 11.4. The zero-order chi connectivity index (χ0) is 14.0. The summed E-state index contributed by atoms with van der Waals surface area (Å²) in [5.41, 5.74) is 0. The van der Waals surface area contributed by atoms with Gasteiger partial charge in [-0.25, -0.2) is 4.79 Å². The van der Waals surface area contributed by atoms with Crippen molar-refractivity contribution in [3.8, 4) is 0 Å². The van der Waals surface area contributed by atoms with Crippen molar-refractivity contribution in [1.29, 1.82) is 0 Å². The lowest BCUT2D eigenvalue weighted by molar-refractivity contribution is -0.137. The molecule has 3 amide bonds. The SMILES string of the molecule is COCCN(C)C(=O)NC(=O)CCCCC(=O)O. The van der Waals surface area contributed by atoms with Gasteiger partial charge in [-0.15, -0.1) is 0 Å². The van der Waals surface area contributed by atoms with E-state index >= 15 is 0 Å². The smallest absolute Gasteiger partial charge is 0.323 e. The zero-order valence-corrected chi connectivity index (χ0v) is 10.8. The molecule has 0 aromatic carbocycles. The third kappa shape index (κ3) is 8.51. The molecule has 104 valence electrons. The molecular formula is C11H20N2O5. The Morgan fingerprint density at radius 3 is 2.39 bits per heavy atom. The Kier molecular flexibility index (Phi) is 8.55. The number of nitrogens with one attached hydrogen (secondary N) is 1. The van der Waals surface area contributed by atoms with Gasteiger partial charge in [0.2, 0.25) is 5.91 Å². The number of carboxylic acid groups (broad SMARTS) is 1. The highest BCUT2D eigenvalue weighted by Gasteiger charge is 2.11. The van der Waals surface area contributed by atoms with Gasteiger partial charge in [-0.1, -0.05) is 0 Å². The summed E-state index contributed by atoms with van der Waals surface area (Å²) in [4.78, 5) is 34.4. The summed E-state index contributed by atoms with van der Waals surface area (Å²) >= 11 is 0. The summed E-state index contributed by atoms with van der Waals surface area (Å²) in [6, 6.07) is -0.477. The van der Waals surface area contributed by atoms with E-state index in [1.54, 1.807) is 7.05 Å². The molecule has 7 heteroatoms. The first-order valence-electron chi connectivity index (χ1n) is 5.73. The lowest BCUT2D eigenvalue weighted by Crippen LogP contribution is -2.41. The molecule has 2 N–H and O–H groups in total. The second-order valence-corrected chi connectivity index (χ2v) is 3.87. The van der Waals surface area contributed by atoms with Crippen LogP contribution < -0.4 is 5.32 Å². The third-order valence-corrected chi connectivity index (χ3v) is 2.27. The molecule has 0 saturated carbocycles. The molecular weight excluding hydrogens is 240 g/mol. The second kappa shape index (κ2) is 9.41. The number of carbonyl (C=O) groups excluding carboxylic acids is 2. The summed E-state index contributed by atoms with van der Waals surface area (Å²) in [5, 5.41) is 10.6. The van der Waals surface area contributed by atoms with Crippen LogP contribution in [0.3, 0.4) is 0 Å². The molecule has 0 aliphatic carbocycles. The Hall–Kier alpha value is -1.63. The van der Waals surface area contributed by atoms with Crippen LogP contribution in [0.4, 0.5) is 4.79 Å². The van der Waals surface area contributed by atoms with Gasteiger partial charge in [-0.3, -0.25) is 14.9 Å². The largest absolute Gasteiger partial charge is 0.481 e. The van der Waals surface area contributed by atoms with E-state index in [2.05, 4.69) is 5.32 Å². The zero-order valence-electron chi connectivity index (χ0n) is 10.8. The Morgan fingerprint density at radius 1 is 1.22 bits per heavy atom. The van der Waals surface area contributed by atoms with Crippen molar-refractivity contribution < 1.29 is 24.2 Å². The minimum Gasteiger partial charge on any atom is -0.481 e. The number of rotatable bonds is 8. The van der Waals surface area contributed by atoms with Gasteiger partial charge in [0.05, 0.1) is 6.61 Å². The van der Waals surface area contributed by atoms with Gasteiger partial charge in [0.15, 0.2) is 0 Å². The van der Waals surface area contributed by atoms with Crippen molar-refractivity contribution >= 4 is 17.9 Å². The number of aliphatic carboxylic acids is 1. The maximum Gasteiger partial charge on any atom is 0.323 e. The van der Waals surface area contributed by atoms with Gasteiger partial charge >= 0.3 is 12.0 Å². The van der Waals surface area contributed by atoms with E-state index in [0.717, 1.165) is 0 Å². The van der Waals surface area contributed by atoms with E-state index in [9.17, 15) is 14.4 Å². The summed E-state index contributed by atoms with van der Waals surface area (Å²) in [6.07, 6.45) is 1.07. The number of unbranched alkanes of at least 4 members (excludes halogenated alkanes) is 1. The molecule has 0 saturated heterocycles. The van der Waals surface area contributed by atoms with Crippen molar-refractivity contribution in [3.05, 3.63) is 0 Å². The summed E-state index contributed by atoms with van der Waals surface area (Å²) < 4.78 is 4.81. The molecule has 0 aromatic heterocycles. The molecule has 0 aliphatic rings. The average molecular weight is 260 g/mol. The number of urea groups is 1. The number of ether oxygens (including phenoxy) is 1. The minimum absolute atomic E-state index is 0.0367. The quantitative estimate of drug-likeness (QED) is 0.617. The Balaban J connectivity index is 3.73. The van der Waals surface area contributed by atoms with E-state index < -0.39 is 17.9 Å². The molecule has 0 heterocycles. The van der Waals surface area contributed by atoms with Crippen molar-refractivity contribution in [3.63, 3.8) is 0 Å². The lowest BCUT2D eigenvalue weighted by Gasteiger charge is -2.16. The van der Waals surface area contributed by atoms with Gasteiger partial charge in [-0.05, 0) is 12.8 Å². The average Bonchev–Trinajstić information content (AvgIpc) is 2.31. The van der Waals surface area contributed by atoms with Gasteiger partial charge in [-0.2, -0.15) is 0 Å². The van der Waals surface area contributed by atoms with Crippen LogP contribution in [0, 0.1) is 0 Å². The van der Waals surface area contributed by atoms with Crippen LogP contribution in [-0.2, 0) is 14.3 Å². The maximum absolute atomic E-state index is 11.4. The van der Waals surface area contributed by atoms with Gasteiger partial charge < -0.3 is 14.7 Å². The van der Waals surface area contributed by atoms with Gasteiger partial charge in [0.1, 0.15) is 0 Å². The number of nitrogens with zero attached hydrogens (tertiary/aromatic N) is 1. The lowest BCUT2D eigenvalue weighted by atomic mass is 10.2. The van der Waals surface area contributed by atoms with E-state index in [-0.39, 0.29) is 12.8 Å². The highest BCUT2D eigenvalue weighted by atomic mass is 16.5. The van der Waals surface area contributed by atoms with Crippen molar-refractivity contribution in [2.45, 2.75) is 25.7 Å². The Bertz CT molecular complexity index is 293. The molecule has 0 aromatic rings. The van der Waals surface area contributed by atoms with Crippen molar-refractivity contribution in [2.75, 3.05) is 27.3 Å². The Labute approximate surface area is 106 Å². The predicted octanol–water partition coefficient (Wildman–Crippen LogP) is 0.446.